The molecule has 0 saturated heterocycles. The number of hydrogen-bond acceptors (Lipinski definition) is 2. The Morgan fingerprint density at radius 3 is 2.83 bits per heavy atom. The van der Waals surface area contributed by atoms with E-state index in [1.807, 2.05) is 6.20 Å². The first-order chi connectivity index (χ1) is 8.67. The molecule has 18 heavy (non-hydrogen) atoms. The largest absolute Gasteiger partial charge is 0.330 e. The first-order valence-electron chi connectivity index (χ1n) is 7.40. The fourth-order valence-corrected chi connectivity index (χ4v) is 3.39. The molecule has 0 spiro atoms. The van der Waals surface area contributed by atoms with Crippen molar-refractivity contribution in [3.63, 3.8) is 0 Å². The van der Waals surface area contributed by atoms with Crippen molar-refractivity contribution in [3.05, 3.63) is 18.0 Å². The van der Waals surface area contributed by atoms with E-state index in [9.17, 15) is 0 Å². The van der Waals surface area contributed by atoms with Gasteiger partial charge < -0.3 is 5.73 Å². The van der Waals surface area contributed by atoms with Crippen LogP contribution in [0.15, 0.2) is 12.3 Å². The SMILES string of the molecule is CCC1CCC(CN)C(c2ccnn2C(C)C)C1. The highest BCUT2D eigenvalue weighted by molar-refractivity contribution is 5.12. The number of hydrogen-bond donors (Lipinski definition) is 1. The van der Waals surface area contributed by atoms with Gasteiger partial charge in [-0.3, -0.25) is 4.68 Å². The summed E-state index contributed by atoms with van der Waals surface area (Å²) >= 11 is 0. The molecule has 1 saturated carbocycles. The topological polar surface area (TPSA) is 43.8 Å². The predicted molar refractivity (Wildman–Crippen MR) is 75.5 cm³/mol. The summed E-state index contributed by atoms with van der Waals surface area (Å²) in [5, 5.41) is 4.49. The lowest BCUT2D eigenvalue weighted by molar-refractivity contribution is 0.225. The van der Waals surface area contributed by atoms with Crippen molar-refractivity contribution < 1.29 is 0 Å². The first-order valence-corrected chi connectivity index (χ1v) is 7.40. The summed E-state index contributed by atoms with van der Waals surface area (Å²) in [6.07, 6.45) is 7.16. The number of rotatable bonds is 4. The maximum Gasteiger partial charge on any atom is 0.0492 e. The summed E-state index contributed by atoms with van der Waals surface area (Å²) in [5.74, 6) is 2.12. The normalized spacial score (nSPS) is 28.8. The molecule has 2 rings (SSSR count). The lowest BCUT2D eigenvalue weighted by atomic mass is 9.72. The van der Waals surface area contributed by atoms with Gasteiger partial charge in [0.25, 0.3) is 0 Å². The van der Waals surface area contributed by atoms with Gasteiger partial charge in [-0.15, -0.1) is 0 Å². The van der Waals surface area contributed by atoms with E-state index in [-0.39, 0.29) is 0 Å². The number of nitrogens with zero attached hydrogens (tertiary/aromatic N) is 2. The highest BCUT2D eigenvalue weighted by Crippen LogP contribution is 2.41. The zero-order valence-electron chi connectivity index (χ0n) is 12.0. The van der Waals surface area contributed by atoms with Crippen molar-refractivity contribution in [2.75, 3.05) is 6.54 Å². The van der Waals surface area contributed by atoms with Crippen molar-refractivity contribution in [1.29, 1.82) is 0 Å². The first kappa shape index (κ1) is 13.6. The monoisotopic (exact) mass is 249 g/mol. The van der Waals surface area contributed by atoms with Crippen molar-refractivity contribution in [2.45, 2.75) is 58.4 Å². The highest BCUT2D eigenvalue weighted by atomic mass is 15.3. The van der Waals surface area contributed by atoms with Crippen LogP contribution in [0, 0.1) is 11.8 Å². The second-order valence-electron chi connectivity index (χ2n) is 5.98. The van der Waals surface area contributed by atoms with Crippen LogP contribution in [0.5, 0.6) is 0 Å². The van der Waals surface area contributed by atoms with Crippen LogP contribution < -0.4 is 5.73 Å². The molecule has 3 atom stereocenters. The summed E-state index contributed by atoms with van der Waals surface area (Å²) in [7, 11) is 0. The van der Waals surface area contributed by atoms with Gasteiger partial charge in [-0.2, -0.15) is 5.10 Å². The van der Waals surface area contributed by atoms with Gasteiger partial charge in [0, 0.05) is 23.9 Å². The molecule has 0 bridgehead atoms. The molecule has 1 fully saturated rings. The van der Waals surface area contributed by atoms with E-state index in [1.165, 1.54) is 31.4 Å². The molecule has 3 nitrogen and oxygen atoms in total. The average Bonchev–Trinajstić information content (AvgIpc) is 2.87. The molecule has 1 aliphatic carbocycles. The van der Waals surface area contributed by atoms with Crippen LogP contribution >= 0.6 is 0 Å². The van der Waals surface area contributed by atoms with Gasteiger partial charge in [-0.1, -0.05) is 19.8 Å². The summed E-state index contributed by atoms with van der Waals surface area (Å²) in [5.41, 5.74) is 7.38. The molecule has 0 radical (unpaired) electrons. The van der Waals surface area contributed by atoms with Gasteiger partial charge in [-0.05, 0) is 51.1 Å². The van der Waals surface area contributed by atoms with E-state index in [4.69, 9.17) is 5.73 Å². The summed E-state index contributed by atoms with van der Waals surface area (Å²) in [6.45, 7) is 7.52. The van der Waals surface area contributed by atoms with Crippen LogP contribution in [0.3, 0.4) is 0 Å². The zero-order chi connectivity index (χ0) is 13.1. The van der Waals surface area contributed by atoms with Gasteiger partial charge in [0.15, 0.2) is 0 Å². The van der Waals surface area contributed by atoms with Crippen molar-refractivity contribution in [3.8, 4) is 0 Å². The fraction of sp³-hybridized carbons (Fsp3) is 0.800. The van der Waals surface area contributed by atoms with Crippen molar-refractivity contribution in [2.24, 2.45) is 17.6 Å². The fourth-order valence-electron chi connectivity index (χ4n) is 3.39. The lowest BCUT2D eigenvalue weighted by Crippen LogP contribution is -2.30. The maximum absolute atomic E-state index is 5.98. The van der Waals surface area contributed by atoms with Gasteiger partial charge in [0.1, 0.15) is 0 Å². The molecule has 0 amide bonds. The minimum Gasteiger partial charge on any atom is -0.330 e. The second kappa shape index (κ2) is 5.87. The Morgan fingerprint density at radius 1 is 1.44 bits per heavy atom. The Labute approximate surface area is 111 Å². The van der Waals surface area contributed by atoms with Crippen LogP contribution in [0.4, 0.5) is 0 Å². The van der Waals surface area contributed by atoms with Crippen LogP contribution in [-0.4, -0.2) is 16.3 Å². The molecule has 1 heterocycles. The number of nitrogens with two attached hydrogens (primary N) is 1. The maximum atomic E-state index is 5.98. The molecule has 3 unspecified atom stereocenters. The van der Waals surface area contributed by atoms with Gasteiger partial charge in [-0.25, -0.2) is 0 Å². The second-order valence-corrected chi connectivity index (χ2v) is 5.98. The molecule has 0 aliphatic heterocycles. The summed E-state index contributed by atoms with van der Waals surface area (Å²) in [4.78, 5) is 0. The molecule has 0 aromatic carbocycles. The summed E-state index contributed by atoms with van der Waals surface area (Å²) < 4.78 is 2.19. The van der Waals surface area contributed by atoms with Gasteiger partial charge >= 0.3 is 0 Å². The minimum atomic E-state index is 0.440. The molecule has 102 valence electrons. The molecule has 1 aromatic heterocycles. The quantitative estimate of drug-likeness (QED) is 0.889. The van der Waals surface area contributed by atoms with Crippen LogP contribution in [-0.2, 0) is 0 Å². The molecule has 1 aromatic rings. The van der Waals surface area contributed by atoms with Gasteiger partial charge in [0.2, 0.25) is 0 Å². The van der Waals surface area contributed by atoms with Crippen LogP contribution in [0.1, 0.15) is 64.1 Å². The van der Waals surface area contributed by atoms with Crippen molar-refractivity contribution in [1.82, 2.24) is 9.78 Å². The Morgan fingerprint density at radius 2 is 2.22 bits per heavy atom. The smallest absolute Gasteiger partial charge is 0.0492 e. The molecule has 3 heteroatoms. The van der Waals surface area contributed by atoms with Crippen molar-refractivity contribution >= 4 is 0 Å². The van der Waals surface area contributed by atoms with Gasteiger partial charge in [0.05, 0.1) is 0 Å². The molecule has 1 aliphatic rings. The van der Waals surface area contributed by atoms with E-state index in [2.05, 4.69) is 36.6 Å². The van der Waals surface area contributed by atoms with E-state index >= 15 is 0 Å². The Hall–Kier alpha value is -0.830. The molecule has 2 N–H and O–H groups in total. The minimum absolute atomic E-state index is 0.440. The molecular weight excluding hydrogens is 222 g/mol. The Bertz CT molecular complexity index is 370. The molecular formula is C15H27N3. The Kier molecular flexibility index (Phi) is 4.44. The number of aromatic nitrogens is 2. The summed E-state index contributed by atoms with van der Waals surface area (Å²) in [6, 6.07) is 2.64. The third-order valence-corrected chi connectivity index (χ3v) is 4.55. The highest BCUT2D eigenvalue weighted by Gasteiger charge is 2.32. The zero-order valence-corrected chi connectivity index (χ0v) is 12.0. The van der Waals surface area contributed by atoms with E-state index in [0.717, 1.165) is 12.5 Å². The van der Waals surface area contributed by atoms with E-state index in [1.54, 1.807) is 0 Å². The average molecular weight is 249 g/mol. The Balaban J connectivity index is 2.24. The third kappa shape index (κ3) is 2.61. The van der Waals surface area contributed by atoms with Crippen LogP contribution in [0.2, 0.25) is 0 Å². The van der Waals surface area contributed by atoms with Crippen LogP contribution in [0.25, 0.3) is 0 Å². The third-order valence-electron chi connectivity index (χ3n) is 4.55. The lowest BCUT2D eigenvalue weighted by Gasteiger charge is -2.36. The predicted octanol–water partition coefficient (Wildman–Crippen LogP) is 3.33. The van der Waals surface area contributed by atoms with E-state index < -0.39 is 0 Å². The van der Waals surface area contributed by atoms with E-state index in [0.29, 0.717) is 17.9 Å². The standard InChI is InChI=1S/C15H27N3/c1-4-12-5-6-13(10-16)14(9-12)15-7-8-17-18(15)11(2)3/h7-8,11-14H,4-6,9-10,16H2,1-3H3.